The molecule has 0 aromatic heterocycles. The normalized spacial score (nSPS) is 15.2. The van der Waals surface area contributed by atoms with Crippen LogP contribution in [0.1, 0.15) is 30.5 Å². The summed E-state index contributed by atoms with van der Waals surface area (Å²) in [6.07, 6.45) is 8.51. The molecule has 60 heavy (non-hydrogen) atoms. The zero-order valence-corrected chi connectivity index (χ0v) is 33.9. The lowest BCUT2D eigenvalue weighted by Crippen LogP contribution is -2.18. The highest BCUT2D eigenvalue weighted by atomic mass is 15.1. The van der Waals surface area contributed by atoms with Crippen molar-refractivity contribution in [3.63, 3.8) is 0 Å². The number of anilines is 5. The summed E-state index contributed by atoms with van der Waals surface area (Å²) in [5.41, 5.74) is 15.4. The largest absolute Gasteiger partial charge is 0.337 e. The molecule has 11 rings (SSSR count). The van der Waals surface area contributed by atoms with Crippen molar-refractivity contribution in [2.24, 2.45) is 0 Å². The lowest BCUT2D eigenvalue weighted by atomic mass is 9.82. The number of hydrogen-bond donors (Lipinski definition) is 0. The predicted molar refractivity (Wildman–Crippen MR) is 257 cm³/mol. The van der Waals surface area contributed by atoms with Crippen LogP contribution in [0.5, 0.6) is 0 Å². The predicted octanol–water partition coefficient (Wildman–Crippen LogP) is 15.9. The van der Waals surface area contributed by atoms with Crippen molar-refractivity contribution in [2.45, 2.75) is 19.3 Å². The molecule has 1 heterocycles. The van der Waals surface area contributed by atoms with E-state index in [0.29, 0.717) is 0 Å². The van der Waals surface area contributed by atoms with Crippen LogP contribution in [0.2, 0.25) is 0 Å². The summed E-state index contributed by atoms with van der Waals surface area (Å²) >= 11 is 0. The quantitative estimate of drug-likeness (QED) is 0.161. The number of allylic oxidation sites excluding steroid dienone is 4. The van der Waals surface area contributed by atoms with E-state index in [-0.39, 0.29) is 5.41 Å². The van der Waals surface area contributed by atoms with Crippen molar-refractivity contribution in [2.75, 3.05) is 16.3 Å². The molecule has 2 aliphatic rings. The Morgan fingerprint density at radius 1 is 0.467 bits per heavy atom. The fraction of sp³-hybridized carbons (Fsp3) is 0.0690. The maximum Gasteiger partial charge on any atom is 0.0493 e. The molecule has 0 bridgehead atoms. The Kier molecular flexibility index (Phi) is 8.42. The van der Waals surface area contributed by atoms with Gasteiger partial charge in [0.25, 0.3) is 0 Å². The first-order valence-electron chi connectivity index (χ1n) is 20.9. The monoisotopic (exact) mass is 768 g/mol. The van der Waals surface area contributed by atoms with Crippen LogP contribution in [-0.2, 0) is 5.41 Å². The lowest BCUT2D eigenvalue weighted by molar-refractivity contribution is 0.660. The summed E-state index contributed by atoms with van der Waals surface area (Å²) in [6.45, 7) is 10.0. The van der Waals surface area contributed by atoms with Crippen LogP contribution < -0.4 is 9.80 Å². The summed E-state index contributed by atoms with van der Waals surface area (Å²) < 4.78 is 0. The third kappa shape index (κ3) is 5.79. The van der Waals surface area contributed by atoms with Gasteiger partial charge in [-0.3, -0.25) is 0 Å². The molecule has 1 aliphatic heterocycles. The van der Waals surface area contributed by atoms with E-state index >= 15 is 0 Å². The molecule has 0 saturated carbocycles. The van der Waals surface area contributed by atoms with Crippen LogP contribution in [-0.4, -0.2) is 6.54 Å². The van der Waals surface area contributed by atoms with Crippen LogP contribution in [0.4, 0.5) is 28.4 Å². The standard InChI is InChI=1S/C58H44N2/c1-39-16-6-5-15-35-59(42-17-7-4-8-18-42)57-34-27-41(36-53(39)57)40-25-28-43(29-26-40)60(45-31-33-52-51-23-13-14-24-55(51)58(2,3)56(52)38-45)44-30-32-50-48-21-10-9-19-46(48)47-20-11-12-22-49(47)54(50)37-44/h4-34,36-38H,1,35H2,2-3H3/b15-5-,16-6-. The average Bonchev–Trinajstić information content (AvgIpc) is 3.57. The highest BCUT2D eigenvalue weighted by Gasteiger charge is 2.35. The average molecular weight is 769 g/mol. The summed E-state index contributed by atoms with van der Waals surface area (Å²) in [7, 11) is 0. The number of nitrogens with zero attached hydrogens (tertiary/aromatic N) is 2. The second kappa shape index (κ2) is 14.1. The van der Waals surface area contributed by atoms with Gasteiger partial charge in [-0.2, -0.15) is 0 Å². The van der Waals surface area contributed by atoms with Crippen molar-refractivity contribution in [1.29, 1.82) is 0 Å². The van der Waals surface area contributed by atoms with E-state index in [1.54, 1.807) is 0 Å². The zero-order valence-electron chi connectivity index (χ0n) is 33.9. The van der Waals surface area contributed by atoms with Gasteiger partial charge in [-0.15, -0.1) is 0 Å². The molecule has 0 unspecified atom stereocenters. The van der Waals surface area contributed by atoms with Crippen molar-refractivity contribution in [3.05, 3.63) is 230 Å². The van der Waals surface area contributed by atoms with Crippen LogP contribution in [0.25, 0.3) is 60.1 Å². The summed E-state index contributed by atoms with van der Waals surface area (Å²) in [5, 5.41) is 7.62. The van der Waals surface area contributed by atoms with E-state index in [1.165, 1.54) is 54.6 Å². The molecule has 9 aromatic rings. The van der Waals surface area contributed by atoms with Gasteiger partial charge in [0.2, 0.25) is 0 Å². The fourth-order valence-electron chi connectivity index (χ4n) is 9.78. The Labute approximate surface area is 352 Å². The van der Waals surface area contributed by atoms with Gasteiger partial charge in [0.05, 0.1) is 0 Å². The number of hydrogen-bond acceptors (Lipinski definition) is 2. The van der Waals surface area contributed by atoms with Crippen molar-refractivity contribution in [3.8, 4) is 22.3 Å². The molecular weight excluding hydrogens is 725 g/mol. The van der Waals surface area contributed by atoms with Gasteiger partial charge in [-0.05, 0) is 132 Å². The molecule has 0 saturated heterocycles. The van der Waals surface area contributed by atoms with Crippen LogP contribution in [0.3, 0.4) is 0 Å². The Bertz CT molecular complexity index is 3190. The topological polar surface area (TPSA) is 6.48 Å². The van der Waals surface area contributed by atoms with E-state index in [9.17, 15) is 0 Å². The molecule has 0 N–H and O–H groups in total. The minimum atomic E-state index is -0.120. The molecule has 1 aliphatic carbocycles. The molecule has 2 nitrogen and oxygen atoms in total. The van der Waals surface area contributed by atoms with Gasteiger partial charge < -0.3 is 9.80 Å². The SMILES string of the molecule is C=C1/C=C\C=C/CN(c2ccccc2)c2ccc(-c3ccc(N(c4ccc5c(c4)C(C)(C)c4ccccc4-5)c4ccc5c6ccccc6c6ccccc6c5c4)cc3)cc21. The smallest absolute Gasteiger partial charge is 0.0493 e. The van der Waals surface area contributed by atoms with Gasteiger partial charge >= 0.3 is 0 Å². The second-order valence-electron chi connectivity index (χ2n) is 16.6. The number of para-hydroxylation sites is 1. The first-order chi connectivity index (χ1) is 29.4. The minimum absolute atomic E-state index is 0.120. The molecule has 9 aromatic carbocycles. The van der Waals surface area contributed by atoms with E-state index < -0.39 is 0 Å². The maximum atomic E-state index is 4.52. The number of rotatable bonds is 5. The number of fused-ring (bicyclic) bond motifs is 10. The van der Waals surface area contributed by atoms with E-state index in [1.807, 2.05) is 0 Å². The zero-order chi connectivity index (χ0) is 40.4. The Balaban J connectivity index is 1.06. The number of benzene rings is 9. The van der Waals surface area contributed by atoms with Crippen molar-refractivity contribution >= 4 is 66.3 Å². The molecule has 0 spiro atoms. The Morgan fingerprint density at radius 2 is 1.05 bits per heavy atom. The molecule has 0 amide bonds. The van der Waals surface area contributed by atoms with Gasteiger partial charge in [-0.1, -0.05) is 166 Å². The van der Waals surface area contributed by atoms with E-state index in [4.69, 9.17) is 0 Å². The molecular formula is C58H44N2. The van der Waals surface area contributed by atoms with E-state index in [2.05, 4.69) is 237 Å². The first-order valence-corrected chi connectivity index (χ1v) is 20.9. The summed E-state index contributed by atoms with van der Waals surface area (Å²) in [5.74, 6) is 0. The third-order valence-electron chi connectivity index (χ3n) is 12.8. The molecule has 0 atom stereocenters. The second-order valence-corrected chi connectivity index (χ2v) is 16.6. The molecule has 0 radical (unpaired) electrons. The summed E-state index contributed by atoms with van der Waals surface area (Å²) in [6, 6.07) is 67.1. The van der Waals surface area contributed by atoms with Crippen molar-refractivity contribution in [1.82, 2.24) is 0 Å². The van der Waals surface area contributed by atoms with Crippen LogP contribution >= 0.6 is 0 Å². The van der Waals surface area contributed by atoms with Gasteiger partial charge in [0, 0.05) is 46.0 Å². The first kappa shape index (κ1) is 35.7. The van der Waals surface area contributed by atoms with E-state index in [0.717, 1.165) is 57.2 Å². The minimum Gasteiger partial charge on any atom is -0.337 e. The third-order valence-corrected chi connectivity index (χ3v) is 12.8. The Morgan fingerprint density at radius 3 is 1.80 bits per heavy atom. The maximum absolute atomic E-state index is 4.52. The van der Waals surface area contributed by atoms with Gasteiger partial charge in [0.1, 0.15) is 0 Å². The Hall–Kier alpha value is -7.42. The highest BCUT2D eigenvalue weighted by Crippen LogP contribution is 2.51. The van der Waals surface area contributed by atoms with Crippen LogP contribution in [0, 0.1) is 0 Å². The van der Waals surface area contributed by atoms with Gasteiger partial charge in [0.15, 0.2) is 0 Å². The molecule has 0 fully saturated rings. The highest BCUT2D eigenvalue weighted by molar-refractivity contribution is 6.25. The molecule has 286 valence electrons. The van der Waals surface area contributed by atoms with Gasteiger partial charge in [-0.25, -0.2) is 0 Å². The summed E-state index contributed by atoms with van der Waals surface area (Å²) in [4.78, 5) is 4.80. The van der Waals surface area contributed by atoms with Crippen molar-refractivity contribution < 1.29 is 0 Å². The van der Waals surface area contributed by atoms with Crippen LogP contribution in [0.15, 0.2) is 213 Å². The molecule has 2 heteroatoms. The lowest BCUT2D eigenvalue weighted by Gasteiger charge is -2.29. The fourth-order valence-corrected chi connectivity index (χ4v) is 9.78.